The van der Waals surface area contributed by atoms with Crippen LogP contribution in [0.25, 0.3) is 61.1 Å². The van der Waals surface area contributed by atoms with E-state index in [0.29, 0.717) is 0 Å². The maximum absolute atomic E-state index is 5.06. The molecule has 0 saturated carbocycles. The maximum Gasteiger partial charge on any atom is 0.145 e. The molecule has 0 amide bonds. The summed E-state index contributed by atoms with van der Waals surface area (Å²) in [5.74, 6) is 0.929. The Kier molecular flexibility index (Phi) is 6.32. The van der Waals surface area contributed by atoms with Crippen molar-refractivity contribution in [3.05, 3.63) is 163 Å². The molecule has 4 heteroatoms. The van der Waals surface area contributed by atoms with Crippen molar-refractivity contribution >= 4 is 45.6 Å². The van der Waals surface area contributed by atoms with Crippen LogP contribution in [-0.2, 0) is 6.54 Å². The van der Waals surface area contributed by atoms with E-state index in [9.17, 15) is 0 Å². The molecule has 8 aromatic rings. The maximum atomic E-state index is 5.06. The van der Waals surface area contributed by atoms with E-state index in [1.807, 2.05) is 24.3 Å². The molecule has 0 unspecified atom stereocenters. The second-order valence-corrected chi connectivity index (χ2v) is 12.0. The molecule has 7 aromatic carbocycles. The van der Waals surface area contributed by atoms with Gasteiger partial charge >= 0.3 is 0 Å². The van der Waals surface area contributed by atoms with Crippen molar-refractivity contribution in [2.24, 2.45) is 4.99 Å². The fraction of sp³-hybridized carbons (Fsp3) is 0.0233. The van der Waals surface area contributed by atoms with Crippen LogP contribution >= 0.6 is 0 Å². The summed E-state index contributed by atoms with van der Waals surface area (Å²) in [5.41, 5.74) is 13.4. The van der Waals surface area contributed by atoms with Gasteiger partial charge in [0, 0.05) is 23.4 Å². The summed E-state index contributed by atoms with van der Waals surface area (Å²) in [6.45, 7) is 4.63. The number of rotatable bonds is 5. The molecule has 0 atom stereocenters. The van der Waals surface area contributed by atoms with Crippen LogP contribution in [0.2, 0.25) is 0 Å². The van der Waals surface area contributed by atoms with Crippen LogP contribution in [-0.4, -0.2) is 16.3 Å². The summed E-state index contributed by atoms with van der Waals surface area (Å²) in [7, 11) is 0. The number of anilines is 2. The molecule has 0 radical (unpaired) electrons. The zero-order valence-corrected chi connectivity index (χ0v) is 25.7. The number of aliphatic imine (C=N–C) groups is 1. The molecule has 0 aliphatic carbocycles. The largest absolute Gasteiger partial charge is 0.335 e. The van der Waals surface area contributed by atoms with Gasteiger partial charge in [0.2, 0.25) is 0 Å². The van der Waals surface area contributed by atoms with Gasteiger partial charge in [0.15, 0.2) is 0 Å². The zero-order valence-electron chi connectivity index (χ0n) is 25.7. The molecule has 9 rings (SSSR count). The molecular formula is C43H30N4. The van der Waals surface area contributed by atoms with Crippen molar-refractivity contribution < 1.29 is 0 Å². The minimum Gasteiger partial charge on any atom is -0.335 e. The van der Waals surface area contributed by atoms with E-state index >= 15 is 0 Å². The van der Waals surface area contributed by atoms with Gasteiger partial charge in [-0.1, -0.05) is 103 Å². The Balaban J connectivity index is 1.17. The lowest BCUT2D eigenvalue weighted by molar-refractivity contribution is 0.963. The van der Waals surface area contributed by atoms with E-state index in [-0.39, 0.29) is 0 Å². The highest BCUT2D eigenvalue weighted by Gasteiger charge is 2.26. The topological polar surface area (TPSA) is 33.4 Å². The zero-order chi connectivity index (χ0) is 31.3. The summed E-state index contributed by atoms with van der Waals surface area (Å²) in [6.07, 6.45) is 0. The van der Waals surface area contributed by atoms with Crippen LogP contribution in [0.3, 0.4) is 0 Å². The normalized spacial score (nSPS) is 12.2. The molecule has 1 aliphatic rings. The third-order valence-corrected chi connectivity index (χ3v) is 9.27. The number of hydrogen-bond donors (Lipinski definition) is 0. The summed E-state index contributed by atoms with van der Waals surface area (Å²) >= 11 is 0. The predicted octanol–water partition coefficient (Wildman–Crippen LogP) is 11.2. The molecule has 1 aromatic heterocycles. The highest BCUT2D eigenvalue weighted by molar-refractivity contribution is 5.97. The van der Waals surface area contributed by atoms with Crippen molar-refractivity contribution in [2.75, 3.05) is 4.90 Å². The van der Waals surface area contributed by atoms with E-state index in [1.54, 1.807) is 0 Å². The average molecular weight is 603 g/mol. The van der Waals surface area contributed by atoms with Crippen LogP contribution in [0.5, 0.6) is 0 Å². The van der Waals surface area contributed by atoms with Crippen molar-refractivity contribution in [3.63, 3.8) is 0 Å². The molecule has 1 aliphatic heterocycles. The Hall–Kier alpha value is -6.26. The SMILES string of the molecule is C=Nc1ccccc1N1Cc2cc3ccccc3cc2-c2ccc(-c3ccc(-c4nc5ccccc5n4-c4ccccc4)cc3)cc21. The van der Waals surface area contributed by atoms with Crippen molar-refractivity contribution in [1.82, 2.24) is 9.55 Å². The van der Waals surface area contributed by atoms with Crippen LogP contribution in [0.1, 0.15) is 5.56 Å². The third kappa shape index (κ3) is 4.53. The first-order valence-electron chi connectivity index (χ1n) is 15.9. The fourth-order valence-corrected chi connectivity index (χ4v) is 7.00. The van der Waals surface area contributed by atoms with E-state index in [0.717, 1.165) is 62.8 Å². The molecule has 2 heterocycles. The molecule has 0 bridgehead atoms. The van der Waals surface area contributed by atoms with Gasteiger partial charge in [0.1, 0.15) is 5.82 Å². The van der Waals surface area contributed by atoms with Crippen molar-refractivity contribution in [1.29, 1.82) is 0 Å². The quantitative estimate of drug-likeness (QED) is 0.184. The first-order valence-corrected chi connectivity index (χ1v) is 15.9. The second-order valence-electron chi connectivity index (χ2n) is 12.0. The minimum atomic E-state index is 0.748. The van der Waals surface area contributed by atoms with Gasteiger partial charge < -0.3 is 4.90 Å². The third-order valence-electron chi connectivity index (χ3n) is 9.27. The Morgan fingerprint density at radius 3 is 2.06 bits per heavy atom. The number of hydrogen-bond acceptors (Lipinski definition) is 3. The van der Waals surface area contributed by atoms with Crippen LogP contribution in [0.4, 0.5) is 17.1 Å². The first-order chi connectivity index (χ1) is 23.2. The van der Waals surface area contributed by atoms with Gasteiger partial charge in [-0.15, -0.1) is 0 Å². The van der Waals surface area contributed by atoms with Gasteiger partial charge in [-0.2, -0.15) is 0 Å². The van der Waals surface area contributed by atoms with Gasteiger partial charge in [-0.3, -0.25) is 9.56 Å². The van der Waals surface area contributed by atoms with Crippen molar-refractivity contribution in [2.45, 2.75) is 6.54 Å². The summed E-state index contributed by atoms with van der Waals surface area (Å²) in [4.78, 5) is 11.8. The summed E-state index contributed by atoms with van der Waals surface area (Å²) in [6, 6.07) is 55.9. The summed E-state index contributed by atoms with van der Waals surface area (Å²) in [5, 5.41) is 2.50. The lowest BCUT2D eigenvalue weighted by Gasteiger charge is -2.34. The first kappa shape index (κ1) is 27.1. The number of imidazole rings is 1. The second kappa shape index (κ2) is 11.0. The van der Waals surface area contributed by atoms with Crippen LogP contribution in [0, 0.1) is 0 Å². The fourth-order valence-electron chi connectivity index (χ4n) is 7.00. The molecule has 222 valence electrons. The molecule has 0 saturated heterocycles. The molecule has 0 spiro atoms. The highest BCUT2D eigenvalue weighted by Crippen LogP contribution is 2.47. The highest BCUT2D eigenvalue weighted by atomic mass is 15.2. The number of aromatic nitrogens is 2. The Morgan fingerprint density at radius 1 is 0.553 bits per heavy atom. The molecular weight excluding hydrogens is 573 g/mol. The molecule has 47 heavy (non-hydrogen) atoms. The monoisotopic (exact) mass is 602 g/mol. The lowest BCUT2D eigenvalue weighted by atomic mass is 9.88. The summed E-state index contributed by atoms with van der Waals surface area (Å²) < 4.78 is 2.24. The Labute approximate surface area is 273 Å². The van der Waals surface area contributed by atoms with Gasteiger partial charge in [-0.05, 0) is 94.3 Å². The Bertz CT molecular complexity index is 2460. The van der Waals surface area contributed by atoms with Gasteiger partial charge in [0.25, 0.3) is 0 Å². The van der Waals surface area contributed by atoms with E-state index in [1.165, 1.54) is 27.5 Å². The number of para-hydroxylation sites is 5. The van der Waals surface area contributed by atoms with Crippen LogP contribution in [0.15, 0.2) is 163 Å². The van der Waals surface area contributed by atoms with Crippen molar-refractivity contribution in [3.8, 4) is 39.3 Å². The molecule has 4 nitrogen and oxygen atoms in total. The van der Waals surface area contributed by atoms with E-state index in [4.69, 9.17) is 4.98 Å². The average Bonchev–Trinajstić information content (AvgIpc) is 3.54. The molecule has 0 fully saturated rings. The van der Waals surface area contributed by atoms with E-state index < -0.39 is 0 Å². The van der Waals surface area contributed by atoms with Gasteiger partial charge in [-0.25, -0.2) is 4.98 Å². The minimum absolute atomic E-state index is 0.748. The van der Waals surface area contributed by atoms with Crippen LogP contribution < -0.4 is 4.90 Å². The number of fused-ring (bicyclic) bond motifs is 5. The lowest BCUT2D eigenvalue weighted by Crippen LogP contribution is -2.21. The molecule has 0 N–H and O–H groups in total. The standard InChI is InChI=1S/C43H30N4/c1-44-38-15-7-9-17-40(38)46-28-34-25-31-11-5-6-12-32(31)26-37(34)36-24-23-33(27-42(36)46)29-19-21-30(22-20-29)43-45-39-16-8-10-18-41(39)47(43)35-13-3-2-4-14-35/h2-27H,1,28H2. The predicted molar refractivity (Wildman–Crippen MR) is 196 cm³/mol. The van der Waals surface area contributed by atoms with Gasteiger partial charge in [0.05, 0.1) is 28.1 Å². The number of benzene rings is 7. The van der Waals surface area contributed by atoms with E-state index in [2.05, 4.69) is 155 Å². The number of nitrogens with zero attached hydrogens (tertiary/aromatic N) is 4. The Morgan fingerprint density at radius 2 is 1.23 bits per heavy atom. The smallest absolute Gasteiger partial charge is 0.145 e.